The van der Waals surface area contributed by atoms with Crippen molar-refractivity contribution in [1.29, 1.82) is 0 Å². The molecule has 19 heavy (non-hydrogen) atoms. The van der Waals surface area contributed by atoms with Crippen LogP contribution in [0.5, 0.6) is 0 Å². The molecule has 3 rings (SSSR count). The van der Waals surface area contributed by atoms with Gasteiger partial charge in [-0.15, -0.1) is 0 Å². The molecule has 0 fully saturated rings. The van der Waals surface area contributed by atoms with Gasteiger partial charge in [-0.3, -0.25) is 4.79 Å². The van der Waals surface area contributed by atoms with E-state index in [-0.39, 0.29) is 11.9 Å². The predicted molar refractivity (Wildman–Crippen MR) is 73.4 cm³/mol. The zero-order chi connectivity index (χ0) is 13.6. The van der Waals surface area contributed by atoms with Gasteiger partial charge in [0.1, 0.15) is 11.6 Å². The Hall–Kier alpha value is -2.56. The third-order valence-electron chi connectivity index (χ3n) is 3.47. The van der Waals surface area contributed by atoms with Crippen LogP contribution in [0.25, 0.3) is 0 Å². The molecular weight excluding hydrogens is 240 g/mol. The number of nitrogen functional groups attached to an aromatic ring is 2. The lowest BCUT2D eigenvalue weighted by Gasteiger charge is -2.22. The van der Waals surface area contributed by atoms with E-state index in [0.717, 1.165) is 11.1 Å². The number of rotatable bonds is 1. The molecule has 1 aliphatic rings. The van der Waals surface area contributed by atoms with Gasteiger partial charge in [-0.25, -0.2) is 4.98 Å². The van der Waals surface area contributed by atoms with E-state index in [1.54, 1.807) is 18.0 Å². The van der Waals surface area contributed by atoms with Crippen molar-refractivity contribution >= 4 is 17.5 Å². The average molecular weight is 254 g/mol. The fourth-order valence-corrected chi connectivity index (χ4v) is 2.55. The first-order valence-electron chi connectivity index (χ1n) is 5.97. The largest absolute Gasteiger partial charge is 0.384 e. The van der Waals surface area contributed by atoms with Crippen molar-refractivity contribution in [2.45, 2.75) is 6.04 Å². The van der Waals surface area contributed by atoms with Crippen LogP contribution < -0.4 is 11.5 Å². The number of carbonyl (C=O) groups excluding carboxylic acids is 1. The molecule has 0 radical (unpaired) electrons. The first-order valence-corrected chi connectivity index (χ1v) is 5.97. The van der Waals surface area contributed by atoms with Gasteiger partial charge in [0.2, 0.25) is 0 Å². The Morgan fingerprint density at radius 3 is 2.58 bits per heavy atom. The summed E-state index contributed by atoms with van der Waals surface area (Å²) in [6.45, 7) is 0. The van der Waals surface area contributed by atoms with Gasteiger partial charge in [0.25, 0.3) is 5.91 Å². The van der Waals surface area contributed by atoms with Crippen molar-refractivity contribution < 1.29 is 4.79 Å². The van der Waals surface area contributed by atoms with Crippen molar-refractivity contribution in [3.63, 3.8) is 0 Å². The summed E-state index contributed by atoms with van der Waals surface area (Å²) in [5, 5.41) is 0. The number of benzene rings is 1. The van der Waals surface area contributed by atoms with Crippen LogP contribution in [0, 0.1) is 0 Å². The third-order valence-corrected chi connectivity index (χ3v) is 3.47. The molecule has 0 saturated carbocycles. The minimum absolute atomic E-state index is 0.00294. The van der Waals surface area contributed by atoms with E-state index in [1.165, 1.54) is 0 Å². The lowest BCUT2D eigenvalue weighted by Crippen LogP contribution is -2.24. The summed E-state index contributed by atoms with van der Waals surface area (Å²) >= 11 is 0. The lowest BCUT2D eigenvalue weighted by molar-refractivity contribution is 0.0794. The number of nitrogens with two attached hydrogens (primary N) is 2. The number of amides is 1. The Morgan fingerprint density at radius 2 is 1.84 bits per heavy atom. The summed E-state index contributed by atoms with van der Waals surface area (Å²) in [5.74, 6) is 0.736. The minimum atomic E-state index is -0.197. The summed E-state index contributed by atoms with van der Waals surface area (Å²) in [4.78, 5) is 17.9. The molecule has 96 valence electrons. The van der Waals surface area contributed by atoms with Crippen LogP contribution in [-0.4, -0.2) is 22.8 Å². The van der Waals surface area contributed by atoms with Crippen molar-refractivity contribution in [3.8, 4) is 0 Å². The summed E-state index contributed by atoms with van der Waals surface area (Å²) in [6.07, 6.45) is 0. The fourth-order valence-electron chi connectivity index (χ4n) is 2.55. The number of hydrogen-bond donors (Lipinski definition) is 2. The molecule has 1 aromatic carbocycles. The van der Waals surface area contributed by atoms with Crippen molar-refractivity contribution in [3.05, 3.63) is 53.1 Å². The van der Waals surface area contributed by atoms with Crippen LogP contribution in [0.4, 0.5) is 11.6 Å². The molecule has 1 unspecified atom stereocenters. The molecule has 1 amide bonds. The summed E-state index contributed by atoms with van der Waals surface area (Å²) < 4.78 is 0. The minimum Gasteiger partial charge on any atom is -0.384 e. The maximum atomic E-state index is 12.2. The van der Waals surface area contributed by atoms with E-state index in [1.807, 2.05) is 30.3 Å². The molecule has 0 spiro atoms. The second kappa shape index (κ2) is 3.98. The van der Waals surface area contributed by atoms with E-state index in [4.69, 9.17) is 11.5 Å². The Balaban J connectivity index is 2.18. The van der Waals surface area contributed by atoms with Gasteiger partial charge in [-0.1, -0.05) is 18.2 Å². The van der Waals surface area contributed by atoms with E-state index >= 15 is 0 Å². The van der Waals surface area contributed by atoms with Crippen LogP contribution in [0.1, 0.15) is 27.5 Å². The molecule has 5 nitrogen and oxygen atoms in total. The second-order valence-corrected chi connectivity index (χ2v) is 4.62. The quantitative estimate of drug-likeness (QED) is 0.806. The van der Waals surface area contributed by atoms with Gasteiger partial charge < -0.3 is 16.4 Å². The third kappa shape index (κ3) is 1.62. The highest BCUT2D eigenvalue weighted by Gasteiger charge is 2.35. The molecule has 2 aromatic rings. The van der Waals surface area contributed by atoms with Crippen molar-refractivity contribution in [2.24, 2.45) is 0 Å². The van der Waals surface area contributed by atoms with Crippen LogP contribution in [-0.2, 0) is 0 Å². The first-order chi connectivity index (χ1) is 9.09. The highest BCUT2D eigenvalue weighted by molar-refractivity contribution is 5.99. The molecule has 0 aliphatic carbocycles. The molecule has 2 heterocycles. The standard InChI is InChI=1S/C14H14N4O/c1-18-12(10-6-7-11(15)17-13(10)16)8-4-2-3-5-9(8)14(18)19/h2-7,12H,1H3,(H4,15,16,17). The Bertz CT molecular complexity index is 668. The molecular formula is C14H14N4O. The van der Waals surface area contributed by atoms with E-state index in [9.17, 15) is 4.79 Å². The number of anilines is 2. The van der Waals surface area contributed by atoms with Gasteiger partial charge in [-0.05, 0) is 23.8 Å². The first kappa shape index (κ1) is 11.5. The zero-order valence-electron chi connectivity index (χ0n) is 10.5. The Kier molecular flexibility index (Phi) is 2.41. The molecule has 1 aromatic heterocycles. The number of aromatic nitrogens is 1. The van der Waals surface area contributed by atoms with Gasteiger partial charge >= 0.3 is 0 Å². The monoisotopic (exact) mass is 254 g/mol. The number of fused-ring (bicyclic) bond motifs is 1. The summed E-state index contributed by atoms with van der Waals surface area (Å²) in [5.41, 5.74) is 14.0. The molecule has 1 atom stereocenters. The van der Waals surface area contributed by atoms with E-state index in [0.29, 0.717) is 17.2 Å². The molecule has 5 heteroatoms. The van der Waals surface area contributed by atoms with Crippen molar-refractivity contribution in [1.82, 2.24) is 9.88 Å². The van der Waals surface area contributed by atoms with Gasteiger partial charge in [0, 0.05) is 18.2 Å². The predicted octanol–water partition coefficient (Wildman–Crippen LogP) is 1.42. The Labute approximate surface area is 110 Å². The van der Waals surface area contributed by atoms with Crippen LogP contribution in [0.3, 0.4) is 0 Å². The summed E-state index contributed by atoms with van der Waals surface area (Å²) in [7, 11) is 1.77. The average Bonchev–Trinajstić information content (AvgIpc) is 2.64. The highest BCUT2D eigenvalue weighted by Crippen LogP contribution is 2.38. The van der Waals surface area contributed by atoms with Gasteiger partial charge in [0.15, 0.2) is 0 Å². The van der Waals surface area contributed by atoms with E-state index in [2.05, 4.69) is 4.98 Å². The van der Waals surface area contributed by atoms with E-state index < -0.39 is 0 Å². The maximum Gasteiger partial charge on any atom is 0.254 e. The van der Waals surface area contributed by atoms with Crippen LogP contribution >= 0.6 is 0 Å². The number of carbonyl (C=O) groups is 1. The van der Waals surface area contributed by atoms with Gasteiger partial charge in [-0.2, -0.15) is 0 Å². The Morgan fingerprint density at radius 1 is 1.11 bits per heavy atom. The molecule has 0 bridgehead atoms. The summed E-state index contributed by atoms with van der Waals surface area (Å²) in [6, 6.07) is 10.9. The second-order valence-electron chi connectivity index (χ2n) is 4.62. The number of nitrogens with zero attached hydrogens (tertiary/aromatic N) is 2. The smallest absolute Gasteiger partial charge is 0.254 e. The molecule has 1 aliphatic heterocycles. The number of pyridine rings is 1. The van der Waals surface area contributed by atoms with Crippen molar-refractivity contribution in [2.75, 3.05) is 18.5 Å². The highest BCUT2D eigenvalue weighted by atomic mass is 16.2. The molecule has 0 saturated heterocycles. The normalized spacial score (nSPS) is 17.6. The van der Waals surface area contributed by atoms with Gasteiger partial charge in [0.05, 0.1) is 6.04 Å². The van der Waals surface area contributed by atoms with Crippen LogP contribution in [0.15, 0.2) is 36.4 Å². The SMILES string of the molecule is CN1C(=O)c2ccccc2C1c1ccc(N)nc1N. The number of hydrogen-bond acceptors (Lipinski definition) is 4. The fraction of sp³-hybridized carbons (Fsp3) is 0.143. The topological polar surface area (TPSA) is 85.2 Å². The molecule has 4 N–H and O–H groups in total. The zero-order valence-corrected chi connectivity index (χ0v) is 10.5. The lowest BCUT2D eigenvalue weighted by atomic mass is 9.98. The van der Waals surface area contributed by atoms with Crippen LogP contribution in [0.2, 0.25) is 0 Å². The maximum absolute atomic E-state index is 12.2.